The molecule has 8 heteroatoms. The number of hydrogen-bond acceptors (Lipinski definition) is 6. The molecule has 3 aromatic heterocycles. The van der Waals surface area contributed by atoms with E-state index in [0.29, 0.717) is 11.6 Å². The molecular weight excluding hydrogens is 476 g/mol. The minimum absolute atomic E-state index is 0.610. The summed E-state index contributed by atoms with van der Waals surface area (Å²) in [7, 11) is 0. The van der Waals surface area contributed by atoms with Gasteiger partial charge in [-0.1, -0.05) is 66.2 Å². The van der Waals surface area contributed by atoms with Gasteiger partial charge in [-0.05, 0) is 29.8 Å². The fourth-order valence-corrected chi connectivity index (χ4v) is 4.94. The minimum atomic E-state index is 0.610. The van der Waals surface area contributed by atoms with Crippen LogP contribution in [0.2, 0.25) is 5.02 Å². The Labute approximate surface area is 210 Å². The summed E-state index contributed by atoms with van der Waals surface area (Å²) in [4.78, 5) is 13.7. The zero-order valence-electron chi connectivity index (χ0n) is 18.5. The number of thiazole rings is 1. The van der Waals surface area contributed by atoms with Crippen molar-refractivity contribution in [3.05, 3.63) is 107 Å². The number of fused-ring (bicyclic) bond motifs is 1. The Balaban J connectivity index is 1.23. The van der Waals surface area contributed by atoms with Crippen LogP contribution in [0.3, 0.4) is 0 Å². The molecule has 0 amide bonds. The van der Waals surface area contributed by atoms with Crippen LogP contribution in [-0.4, -0.2) is 24.7 Å². The van der Waals surface area contributed by atoms with Gasteiger partial charge in [0.25, 0.3) is 0 Å². The highest BCUT2D eigenvalue weighted by Gasteiger charge is 2.12. The number of nitrogens with zero attached hydrogens (tertiary/aromatic N) is 5. The molecule has 0 spiro atoms. The van der Waals surface area contributed by atoms with Crippen molar-refractivity contribution in [2.75, 3.05) is 5.32 Å². The normalized spacial score (nSPS) is 11.1. The Morgan fingerprint density at radius 1 is 0.886 bits per heavy atom. The standard InChI is InChI=1S/C27H19ClN6S/c28-21-10-5-11-22(13-21)34-26-23(15-32-34)25(30-17-31-26)29-14-18-6-4-9-20(12-18)27-33-24(16-35-27)19-7-2-1-3-8-19/h1-13,15-17H,14H2,(H,29,30,31). The van der Waals surface area contributed by atoms with Crippen LogP contribution >= 0.6 is 22.9 Å². The lowest BCUT2D eigenvalue weighted by Crippen LogP contribution is -2.03. The average Bonchev–Trinajstić information content (AvgIpc) is 3.57. The number of halogens is 1. The highest BCUT2D eigenvalue weighted by Crippen LogP contribution is 2.30. The molecule has 1 N–H and O–H groups in total. The average molecular weight is 495 g/mol. The molecule has 0 atom stereocenters. The van der Waals surface area contributed by atoms with Gasteiger partial charge in [-0.3, -0.25) is 0 Å². The van der Waals surface area contributed by atoms with E-state index >= 15 is 0 Å². The van der Waals surface area contributed by atoms with Gasteiger partial charge in [0, 0.05) is 28.1 Å². The predicted octanol–water partition coefficient (Wildman–Crippen LogP) is 6.87. The van der Waals surface area contributed by atoms with Crippen molar-refractivity contribution in [1.82, 2.24) is 24.7 Å². The minimum Gasteiger partial charge on any atom is -0.365 e. The highest BCUT2D eigenvalue weighted by molar-refractivity contribution is 7.13. The quantitative estimate of drug-likeness (QED) is 0.273. The second-order valence-corrected chi connectivity index (χ2v) is 9.25. The molecule has 6 rings (SSSR count). The van der Waals surface area contributed by atoms with E-state index in [9.17, 15) is 0 Å². The SMILES string of the molecule is Clc1cccc(-n2ncc3c(NCc4cccc(-c5nc(-c6ccccc6)cs5)c4)ncnc32)c1. The summed E-state index contributed by atoms with van der Waals surface area (Å²) in [6.45, 7) is 0.610. The summed E-state index contributed by atoms with van der Waals surface area (Å²) >= 11 is 7.81. The third-order valence-corrected chi connectivity index (χ3v) is 6.75. The Kier molecular flexibility index (Phi) is 5.70. The first-order valence-electron chi connectivity index (χ1n) is 11.0. The third-order valence-electron chi connectivity index (χ3n) is 5.63. The number of rotatable bonds is 6. The molecule has 0 saturated heterocycles. The van der Waals surface area contributed by atoms with Crippen LogP contribution in [0.5, 0.6) is 0 Å². The van der Waals surface area contributed by atoms with Gasteiger partial charge in [-0.2, -0.15) is 5.10 Å². The largest absolute Gasteiger partial charge is 0.365 e. The summed E-state index contributed by atoms with van der Waals surface area (Å²) in [5.74, 6) is 0.731. The number of aromatic nitrogens is 5. The fraction of sp³-hybridized carbons (Fsp3) is 0.0370. The monoisotopic (exact) mass is 494 g/mol. The van der Waals surface area contributed by atoms with E-state index < -0.39 is 0 Å². The van der Waals surface area contributed by atoms with Crippen LogP contribution in [0.25, 0.3) is 38.5 Å². The highest BCUT2D eigenvalue weighted by atomic mass is 35.5. The molecule has 0 fully saturated rings. The Hall–Kier alpha value is -4.07. The maximum Gasteiger partial charge on any atom is 0.168 e. The van der Waals surface area contributed by atoms with Gasteiger partial charge in [-0.25, -0.2) is 19.6 Å². The molecule has 6 aromatic rings. The van der Waals surface area contributed by atoms with Crippen LogP contribution in [0.15, 0.2) is 96.8 Å². The lowest BCUT2D eigenvalue weighted by molar-refractivity contribution is 0.895. The van der Waals surface area contributed by atoms with E-state index in [0.717, 1.165) is 49.9 Å². The van der Waals surface area contributed by atoms with Crippen molar-refractivity contribution < 1.29 is 0 Å². The van der Waals surface area contributed by atoms with E-state index in [-0.39, 0.29) is 0 Å². The van der Waals surface area contributed by atoms with Crippen molar-refractivity contribution in [3.63, 3.8) is 0 Å². The second-order valence-electron chi connectivity index (χ2n) is 7.95. The van der Waals surface area contributed by atoms with Gasteiger partial charge in [-0.15, -0.1) is 11.3 Å². The van der Waals surface area contributed by atoms with Gasteiger partial charge in [0.1, 0.15) is 17.2 Å². The van der Waals surface area contributed by atoms with Crippen LogP contribution in [-0.2, 0) is 6.54 Å². The molecule has 0 aliphatic rings. The number of benzene rings is 3. The summed E-state index contributed by atoms with van der Waals surface area (Å²) in [5.41, 5.74) is 5.91. The Morgan fingerprint density at radius 2 is 1.74 bits per heavy atom. The number of nitrogens with one attached hydrogen (secondary N) is 1. The first kappa shape index (κ1) is 21.5. The van der Waals surface area contributed by atoms with Crippen molar-refractivity contribution in [3.8, 4) is 27.5 Å². The lowest BCUT2D eigenvalue weighted by atomic mass is 10.1. The van der Waals surface area contributed by atoms with Gasteiger partial charge < -0.3 is 5.32 Å². The Morgan fingerprint density at radius 3 is 2.63 bits per heavy atom. The Bertz CT molecular complexity index is 1630. The lowest BCUT2D eigenvalue weighted by Gasteiger charge is -2.08. The topological polar surface area (TPSA) is 68.5 Å². The zero-order valence-corrected chi connectivity index (χ0v) is 20.0. The molecule has 0 bridgehead atoms. The molecule has 3 aromatic carbocycles. The van der Waals surface area contributed by atoms with Crippen molar-refractivity contribution >= 4 is 39.8 Å². The van der Waals surface area contributed by atoms with Gasteiger partial charge in [0.05, 0.1) is 23.0 Å². The smallest absolute Gasteiger partial charge is 0.168 e. The fourth-order valence-electron chi connectivity index (χ4n) is 3.93. The number of anilines is 1. The van der Waals surface area contributed by atoms with E-state index in [1.165, 1.54) is 0 Å². The maximum absolute atomic E-state index is 6.16. The first-order valence-corrected chi connectivity index (χ1v) is 12.3. The van der Waals surface area contributed by atoms with Crippen LogP contribution in [0, 0.1) is 0 Å². The first-order chi connectivity index (χ1) is 17.2. The van der Waals surface area contributed by atoms with Crippen molar-refractivity contribution in [2.24, 2.45) is 0 Å². The molecule has 0 aliphatic heterocycles. The number of hydrogen-bond donors (Lipinski definition) is 1. The molecule has 35 heavy (non-hydrogen) atoms. The van der Waals surface area contributed by atoms with E-state index in [1.807, 2.05) is 42.5 Å². The molecule has 0 saturated carbocycles. The molecule has 170 valence electrons. The van der Waals surface area contributed by atoms with E-state index in [2.05, 4.69) is 62.2 Å². The zero-order chi connectivity index (χ0) is 23.6. The van der Waals surface area contributed by atoms with Crippen LogP contribution < -0.4 is 5.32 Å². The van der Waals surface area contributed by atoms with Gasteiger partial charge in [0.2, 0.25) is 0 Å². The van der Waals surface area contributed by atoms with Gasteiger partial charge in [0.15, 0.2) is 5.65 Å². The van der Waals surface area contributed by atoms with Gasteiger partial charge >= 0.3 is 0 Å². The summed E-state index contributed by atoms with van der Waals surface area (Å²) in [6.07, 6.45) is 3.32. The molecular formula is C27H19ClN6S. The summed E-state index contributed by atoms with van der Waals surface area (Å²) < 4.78 is 1.77. The molecule has 0 unspecified atom stereocenters. The molecule has 3 heterocycles. The van der Waals surface area contributed by atoms with Crippen molar-refractivity contribution in [1.29, 1.82) is 0 Å². The van der Waals surface area contributed by atoms with E-state index in [1.54, 1.807) is 28.5 Å². The van der Waals surface area contributed by atoms with Crippen LogP contribution in [0.1, 0.15) is 5.56 Å². The second kappa shape index (κ2) is 9.29. The summed E-state index contributed by atoms with van der Waals surface area (Å²) in [5, 5.41) is 12.5. The summed E-state index contributed by atoms with van der Waals surface area (Å²) in [6, 6.07) is 26.2. The van der Waals surface area contributed by atoms with Crippen molar-refractivity contribution in [2.45, 2.75) is 6.54 Å². The molecule has 0 radical (unpaired) electrons. The van der Waals surface area contributed by atoms with Crippen LogP contribution in [0.4, 0.5) is 5.82 Å². The van der Waals surface area contributed by atoms with E-state index in [4.69, 9.17) is 16.6 Å². The molecule has 0 aliphatic carbocycles. The molecule has 6 nitrogen and oxygen atoms in total. The maximum atomic E-state index is 6.16. The third kappa shape index (κ3) is 4.39. The predicted molar refractivity (Wildman–Crippen MR) is 142 cm³/mol.